The molecule has 0 aliphatic rings. The van der Waals surface area contributed by atoms with Gasteiger partial charge in [0.1, 0.15) is 5.52 Å². The van der Waals surface area contributed by atoms with E-state index in [0.717, 1.165) is 44.9 Å². The summed E-state index contributed by atoms with van der Waals surface area (Å²) in [5.41, 5.74) is 11.7. The second-order valence-electron chi connectivity index (χ2n) is 12.9. The summed E-state index contributed by atoms with van der Waals surface area (Å²) < 4.78 is 8.46. The van der Waals surface area contributed by atoms with Crippen LogP contribution >= 0.6 is 0 Å². The summed E-state index contributed by atoms with van der Waals surface area (Å²) in [7, 11) is 0. The lowest BCUT2D eigenvalue weighted by Crippen LogP contribution is -2.09. The number of hydrogen-bond donors (Lipinski definition) is 0. The van der Waals surface area contributed by atoms with Gasteiger partial charge < -0.3 is 13.9 Å². The molecule has 0 saturated carbocycles. The van der Waals surface area contributed by atoms with Gasteiger partial charge in [-0.25, -0.2) is 4.98 Å². The topological polar surface area (TPSA) is 34.2 Å². The third-order valence-corrected chi connectivity index (χ3v) is 9.78. The van der Waals surface area contributed by atoms with Gasteiger partial charge in [-0.3, -0.25) is 0 Å². The van der Waals surface area contributed by atoms with Crippen molar-refractivity contribution in [2.75, 3.05) is 4.90 Å². The second kappa shape index (κ2) is 11.9. The molecule has 0 N–H and O–H groups in total. The summed E-state index contributed by atoms with van der Waals surface area (Å²) >= 11 is 0. The molecule has 0 unspecified atom stereocenters. The molecule has 10 aromatic rings. The van der Waals surface area contributed by atoms with E-state index in [9.17, 15) is 0 Å². The summed E-state index contributed by atoms with van der Waals surface area (Å²) in [5.74, 6) is 0.617. The molecule has 4 nitrogen and oxygen atoms in total. The maximum Gasteiger partial charge on any atom is 0.227 e. The lowest BCUT2D eigenvalue weighted by Gasteiger charge is -2.25. The zero-order chi connectivity index (χ0) is 33.7. The Labute approximate surface area is 295 Å². The van der Waals surface area contributed by atoms with Gasteiger partial charge in [0.2, 0.25) is 5.89 Å². The summed E-state index contributed by atoms with van der Waals surface area (Å²) in [4.78, 5) is 7.04. The Morgan fingerprint density at radius 2 is 1.02 bits per heavy atom. The van der Waals surface area contributed by atoms with E-state index in [1.807, 2.05) is 24.3 Å². The predicted octanol–water partition coefficient (Wildman–Crippen LogP) is 12.9. The highest BCUT2D eigenvalue weighted by molar-refractivity contribution is 6.12. The minimum Gasteiger partial charge on any atom is -0.436 e. The Bertz CT molecular complexity index is 2820. The Morgan fingerprint density at radius 3 is 1.82 bits per heavy atom. The van der Waals surface area contributed by atoms with Gasteiger partial charge in [0.15, 0.2) is 5.58 Å². The van der Waals surface area contributed by atoms with Crippen molar-refractivity contribution in [1.29, 1.82) is 0 Å². The normalized spacial score (nSPS) is 11.5. The van der Waals surface area contributed by atoms with Gasteiger partial charge in [0.25, 0.3) is 0 Å². The van der Waals surface area contributed by atoms with Crippen molar-refractivity contribution in [1.82, 2.24) is 9.55 Å². The van der Waals surface area contributed by atoms with Crippen molar-refractivity contribution in [3.8, 4) is 28.3 Å². The molecule has 51 heavy (non-hydrogen) atoms. The smallest absolute Gasteiger partial charge is 0.227 e. The van der Waals surface area contributed by atoms with Crippen molar-refractivity contribution in [2.24, 2.45) is 0 Å². The third kappa shape index (κ3) is 5.04. The van der Waals surface area contributed by atoms with Crippen molar-refractivity contribution in [2.45, 2.75) is 0 Å². The molecule has 2 heterocycles. The fraction of sp³-hybridized carbons (Fsp3) is 0. The van der Waals surface area contributed by atoms with E-state index in [4.69, 9.17) is 9.40 Å². The number of para-hydroxylation sites is 4. The van der Waals surface area contributed by atoms with E-state index in [-0.39, 0.29) is 0 Å². The predicted molar refractivity (Wildman–Crippen MR) is 211 cm³/mol. The van der Waals surface area contributed by atoms with Crippen LogP contribution in [0.1, 0.15) is 0 Å². The van der Waals surface area contributed by atoms with Crippen LogP contribution in [0, 0.1) is 0 Å². The van der Waals surface area contributed by atoms with Crippen molar-refractivity contribution in [3.63, 3.8) is 0 Å². The first kappa shape index (κ1) is 29.0. The Balaban J connectivity index is 1.14. The van der Waals surface area contributed by atoms with Crippen LogP contribution in [-0.2, 0) is 0 Å². The molecule has 0 saturated heterocycles. The van der Waals surface area contributed by atoms with E-state index >= 15 is 0 Å². The van der Waals surface area contributed by atoms with Gasteiger partial charge in [-0.05, 0) is 119 Å². The third-order valence-electron chi connectivity index (χ3n) is 9.78. The Hall–Kier alpha value is -6.91. The highest BCUT2D eigenvalue weighted by atomic mass is 16.3. The average Bonchev–Trinajstić information content (AvgIpc) is 3.78. The van der Waals surface area contributed by atoms with Crippen LogP contribution in [0.25, 0.3) is 71.9 Å². The van der Waals surface area contributed by atoms with Crippen molar-refractivity contribution >= 4 is 60.7 Å². The van der Waals surface area contributed by atoms with Crippen LogP contribution in [0.5, 0.6) is 0 Å². The molecular weight excluding hydrogens is 623 g/mol. The number of oxazole rings is 1. The maximum atomic E-state index is 6.09. The van der Waals surface area contributed by atoms with Crippen molar-refractivity contribution < 1.29 is 4.42 Å². The minimum absolute atomic E-state index is 0.617. The molecular formula is C47H31N3O. The van der Waals surface area contributed by atoms with Crippen LogP contribution in [0.4, 0.5) is 17.1 Å². The molecule has 0 bridgehead atoms. The van der Waals surface area contributed by atoms with Gasteiger partial charge in [-0.1, -0.05) is 91.0 Å². The molecule has 0 atom stereocenters. The maximum absolute atomic E-state index is 6.09. The zero-order valence-corrected chi connectivity index (χ0v) is 27.6. The van der Waals surface area contributed by atoms with Crippen LogP contribution < -0.4 is 4.90 Å². The van der Waals surface area contributed by atoms with Crippen LogP contribution in [0.2, 0.25) is 0 Å². The van der Waals surface area contributed by atoms with E-state index in [2.05, 4.69) is 173 Å². The average molecular weight is 654 g/mol. The first-order chi connectivity index (χ1) is 25.3. The highest BCUT2D eigenvalue weighted by Crippen LogP contribution is 2.41. The number of benzene rings is 8. The number of hydrogen-bond acceptors (Lipinski definition) is 3. The Kier molecular flexibility index (Phi) is 6.78. The van der Waals surface area contributed by atoms with Gasteiger partial charge in [0.05, 0.1) is 11.0 Å². The summed E-state index contributed by atoms with van der Waals surface area (Å²) in [6.07, 6.45) is 0. The number of fused-ring (bicyclic) bond motifs is 5. The van der Waals surface area contributed by atoms with E-state index in [1.165, 1.54) is 38.2 Å². The quantitative estimate of drug-likeness (QED) is 0.179. The van der Waals surface area contributed by atoms with Gasteiger partial charge in [-0.15, -0.1) is 0 Å². The number of anilines is 3. The largest absolute Gasteiger partial charge is 0.436 e. The standard InChI is InChI=1S/C47H31N3O/c1-3-13-37(14-4-1)49(39-24-21-33(22-25-39)47-48-43-17-9-10-18-46(43)51-47)40-26-28-45-42(31-40)41-30-36(35-20-19-32-11-7-8-12-34(32)29-35)23-27-44(41)50(45)38-15-5-2-6-16-38/h1-31H. The number of nitrogens with zero attached hydrogens (tertiary/aromatic N) is 3. The highest BCUT2D eigenvalue weighted by Gasteiger charge is 2.19. The number of aromatic nitrogens is 2. The molecule has 2 aromatic heterocycles. The van der Waals surface area contributed by atoms with Gasteiger partial charge >= 0.3 is 0 Å². The van der Waals surface area contributed by atoms with Crippen molar-refractivity contribution in [3.05, 3.63) is 188 Å². The monoisotopic (exact) mass is 653 g/mol. The fourth-order valence-corrected chi connectivity index (χ4v) is 7.33. The first-order valence-electron chi connectivity index (χ1n) is 17.2. The van der Waals surface area contributed by atoms with Crippen LogP contribution in [0.15, 0.2) is 192 Å². The molecule has 240 valence electrons. The second-order valence-corrected chi connectivity index (χ2v) is 12.9. The molecule has 4 heteroatoms. The molecule has 0 fully saturated rings. The van der Waals surface area contributed by atoms with Gasteiger partial charge in [-0.2, -0.15) is 0 Å². The van der Waals surface area contributed by atoms with Crippen LogP contribution in [0.3, 0.4) is 0 Å². The molecule has 0 amide bonds. The molecule has 10 rings (SSSR count). The molecule has 0 aliphatic carbocycles. The fourth-order valence-electron chi connectivity index (χ4n) is 7.33. The lowest BCUT2D eigenvalue weighted by atomic mass is 9.99. The SMILES string of the molecule is c1ccc(N(c2ccc(-c3nc4ccccc4o3)cc2)c2ccc3c(c2)c2cc(-c4ccc5ccccc5c4)ccc2n3-c2ccccc2)cc1. The van der Waals surface area contributed by atoms with Gasteiger partial charge in [0, 0.05) is 39.1 Å². The molecule has 0 radical (unpaired) electrons. The number of rotatable bonds is 6. The van der Waals surface area contributed by atoms with Crippen LogP contribution in [-0.4, -0.2) is 9.55 Å². The Morgan fingerprint density at radius 1 is 0.431 bits per heavy atom. The molecule has 8 aromatic carbocycles. The zero-order valence-electron chi connectivity index (χ0n) is 27.6. The van der Waals surface area contributed by atoms with E-state index in [1.54, 1.807) is 0 Å². The van der Waals surface area contributed by atoms with E-state index < -0.39 is 0 Å². The molecule has 0 spiro atoms. The molecule has 0 aliphatic heterocycles. The minimum atomic E-state index is 0.617. The first-order valence-corrected chi connectivity index (χ1v) is 17.2. The summed E-state index contributed by atoms with van der Waals surface area (Å²) in [6, 6.07) is 66.5. The summed E-state index contributed by atoms with van der Waals surface area (Å²) in [6.45, 7) is 0. The summed E-state index contributed by atoms with van der Waals surface area (Å²) in [5, 5.41) is 4.89. The lowest BCUT2D eigenvalue weighted by molar-refractivity contribution is 0.620. The van der Waals surface area contributed by atoms with E-state index in [0.29, 0.717) is 5.89 Å².